The minimum absolute atomic E-state index is 0.0174. The third-order valence-electron chi connectivity index (χ3n) is 5.72. The zero-order valence-corrected chi connectivity index (χ0v) is 18.2. The normalized spacial score (nSPS) is 18.8. The van der Waals surface area contributed by atoms with Crippen molar-refractivity contribution in [2.75, 3.05) is 13.3 Å². The summed E-state index contributed by atoms with van der Waals surface area (Å²) >= 11 is 6.22. The number of imidazole rings is 1. The van der Waals surface area contributed by atoms with Crippen LogP contribution in [-0.2, 0) is 16.1 Å². The Kier molecular flexibility index (Phi) is 5.51. The number of hydrogen-bond donors (Lipinski definition) is 1. The number of benzene rings is 2. The van der Waals surface area contributed by atoms with Gasteiger partial charge in [0.25, 0.3) is 11.7 Å². The van der Waals surface area contributed by atoms with Crippen LogP contribution in [0.25, 0.3) is 5.76 Å². The van der Waals surface area contributed by atoms with Gasteiger partial charge in [-0.25, -0.2) is 4.98 Å². The number of fused-ring (bicyclic) bond motifs is 1. The molecular formula is C24H20ClN3O5. The number of halogens is 1. The highest BCUT2D eigenvalue weighted by molar-refractivity contribution is 6.46. The number of Topliss-reactive ketones (excluding diaryl/α,β-unsaturated/α-hetero) is 1. The number of aryl methyl sites for hydroxylation is 1. The van der Waals surface area contributed by atoms with Crippen molar-refractivity contribution in [3.63, 3.8) is 0 Å². The molecular weight excluding hydrogens is 446 g/mol. The molecule has 0 saturated carbocycles. The Morgan fingerprint density at radius 3 is 2.76 bits per heavy atom. The average molecular weight is 466 g/mol. The quantitative estimate of drug-likeness (QED) is 0.338. The number of ketones is 1. The van der Waals surface area contributed by atoms with Crippen molar-refractivity contribution in [1.29, 1.82) is 0 Å². The van der Waals surface area contributed by atoms with Crippen LogP contribution in [-0.4, -0.2) is 44.6 Å². The van der Waals surface area contributed by atoms with Crippen LogP contribution in [0, 0.1) is 0 Å². The van der Waals surface area contributed by atoms with Crippen molar-refractivity contribution in [2.24, 2.45) is 0 Å². The SMILES string of the molecule is O=C1C(=O)N(CCCn2ccnc2)C(c2cccc(Cl)c2)/C1=C(\O)c1ccc2c(c1)OCO2. The van der Waals surface area contributed by atoms with Gasteiger partial charge in [0.05, 0.1) is 17.9 Å². The number of carbonyl (C=O) groups is 2. The number of rotatable bonds is 6. The second-order valence-corrected chi connectivity index (χ2v) is 8.21. The lowest BCUT2D eigenvalue weighted by Crippen LogP contribution is -2.31. The number of ether oxygens (including phenoxy) is 2. The average Bonchev–Trinajstić information content (AvgIpc) is 3.55. The first-order valence-corrected chi connectivity index (χ1v) is 10.8. The van der Waals surface area contributed by atoms with E-state index in [1.165, 1.54) is 4.90 Å². The summed E-state index contributed by atoms with van der Waals surface area (Å²) in [7, 11) is 0. The summed E-state index contributed by atoms with van der Waals surface area (Å²) in [6.07, 6.45) is 5.82. The summed E-state index contributed by atoms with van der Waals surface area (Å²) in [5.41, 5.74) is 1.03. The van der Waals surface area contributed by atoms with Gasteiger partial charge in [0.15, 0.2) is 11.5 Å². The van der Waals surface area contributed by atoms with E-state index in [0.29, 0.717) is 47.2 Å². The van der Waals surface area contributed by atoms with E-state index in [-0.39, 0.29) is 18.1 Å². The van der Waals surface area contributed by atoms with Gasteiger partial charge in [-0.3, -0.25) is 9.59 Å². The molecule has 1 aromatic heterocycles. The summed E-state index contributed by atoms with van der Waals surface area (Å²) < 4.78 is 12.6. The Morgan fingerprint density at radius 2 is 1.97 bits per heavy atom. The highest BCUT2D eigenvalue weighted by Crippen LogP contribution is 2.41. The summed E-state index contributed by atoms with van der Waals surface area (Å²) in [5.74, 6) is -0.648. The van der Waals surface area contributed by atoms with Crippen LogP contribution in [0.3, 0.4) is 0 Å². The number of aliphatic hydroxyl groups is 1. The van der Waals surface area contributed by atoms with Crippen LogP contribution in [0.15, 0.2) is 66.8 Å². The zero-order chi connectivity index (χ0) is 22.9. The number of hydrogen-bond acceptors (Lipinski definition) is 6. The van der Waals surface area contributed by atoms with Crippen LogP contribution in [0.4, 0.5) is 0 Å². The van der Waals surface area contributed by atoms with E-state index >= 15 is 0 Å². The molecule has 2 aliphatic rings. The molecule has 0 bridgehead atoms. The zero-order valence-electron chi connectivity index (χ0n) is 17.5. The maximum atomic E-state index is 13.1. The van der Waals surface area contributed by atoms with E-state index in [1.54, 1.807) is 55.0 Å². The summed E-state index contributed by atoms with van der Waals surface area (Å²) in [6.45, 7) is 1.04. The topological polar surface area (TPSA) is 93.9 Å². The Balaban J connectivity index is 1.54. The smallest absolute Gasteiger partial charge is 0.295 e. The first-order valence-electron chi connectivity index (χ1n) is 10.4. The summed E-state index contributed by atoms with van der Waals surface area (Å²) in [6, 6.07) is 11.1. The summed E-state index contributed by atoms with van der Waals surface area (Å²) in [5, 5.41) is 11.6. The molecule has 1 atom stereocenters. The van der Waals surface area contributed by atoms with Gasteiger partial charge in [0.1, 0.15) is 5.76 Å². The molecule has 0 aliphatic carbocycles. The molecule has 33 heavy (non-hydrogen) atoms. The minimum Gasteiger partial charge on any atom is -0.507 e. The van der Waals surface area contributed by atoms with Gasteiger partial charge in [0.2, 0.25) is 6.79 Å². The van der Waals surface area contributed by atoms with Crippen molar-refractivity contribution in [3.05, 3.63) is 82.9 Å². The van der Waals surface area contributed by atoms with Gasteiger partial charge in [-0.1, -0.05) is 23.7 Å². The van der Waals surface area contributed by atoms with Crippen LogP contribution in [0.5, 0.6) is 11.5 Å². The lowest BCUT2D eigenvalue weighted by molar-refractivity contribution is -0.139. The van der Waals surface area contributed by atoms with Crippen molar-refractivity contribution in [3.8, 4) is 11.5 Å². The van der Waals surface area contributed by atoms with E-state index in [2.05, 4.69) is 4.98 Å². The monoisotopic (exact) mass is 465 g/mol. The highest BCUT2D eigenvalue weighted by Gasteiger charge is 2.46. The van der Waals surface area contributed by atoms with Crippen LogP contribution in [0.1, 0.15) is 23.6 Å². The standard InChI is InChI=1S/C24H20ClN3O5/c25-17-4-1-3-15(11-17)21-20(22(29)16-5-6-18-19(12-16)33-14-32-18)23(30)24(31)28(21)9-2-8-27-10-7-26-13-27/h1,3-7,10-13,21,29H,2,8-9,14H2/b22-20+. The Hall–Kier alpha value is -3.78. The van der Waals surface area contributed by atoms with Gasteiger partial charge in [-0.05, 0) is 42.3 Å². The molecule has 1 N–H and O–H groups in total. The van der Waals surface area contributed by atoms with E-state index in [1.807, 2.05) is 10.8 Å². The first kappa shape index (κ1) is 21.1. The maximum absolute atomic E-state index is 13.1. The number of aliphatic hydroxyl groups excluding tert-OH is 1. The molecule has 3 aromatic rings. The number of aromatic nitrogens is 2. The van der Waals surface area contributed by atoms with Crippen molar-refractivity contribution in [2.45, 2.75) is 19.0 Å². The molecule has 2 aliphatic heterocycles. The molecule has 1 saturated heterocycles. The molecule has 1 fully saturated rings. The van der Waals surface area contributed by atoms with E-state index in [9.17, 15) is 14.7 Å². The van der Waals surface area contributed by atoms with E-state index < -0.39 is 17.7 Å². The fraction of sp³-hybridized carbons (Fsp3) is 0.208. The van der Waals surface area contributed by atoms with Crippen molar-refractivity contribution >= 4 is 29.1 Å². The van der Waals surface area contributed by atoms with Crippen molar-refractivity contribution in [1.82, 2.24) is 14.5 Å². The van der Waals surface area contributed by atoms with Gasteiger partial charge in [-0.15, -0.1) is 0 Å². The predicted molar refractivity (Wildman–Crippen MR) is 120 cm³/mol. The second kappa shape index (κ2) is 8.63. The van der Waals surface area contributed by atoms with Crippen LogP contribution in [0.2, 0.25) is 5.02 Å². The number of likely N-dealkylation sites (tertiary alicyclic amines) is 1. The number of nitrogens with zero attached hydrogens (tertiary/aromatic N) is 3. The molecule has 0 spiro atoms. The third-order valence-corrected chi connectivity index (χ3v) is 5.96. The largest absolute Gasteiger partial charge is 0.507 e. The minimum atomic E-state index is -0.767. The summed E-state index contributed by atoms with van der Waals surface area (Å²) in [4.78, 5) is 31.7. The molecule has 8 nitrogen and oxygen atoms in total. The van der Waals surface area contributed by atoms with E-state index in [4.69, 9.17) is 21.1 Å². The molecule has 2 aromatic carbocycles. The molecule has 3 heterocycles. The van der Waals surface area contributed by atoms with Gasteiger partial charge in [-0.2, -0.15) is 0 Å². The first-order chi connectivity index (χ1) is 16.0. The Bertz CT molecular complexity index is 1250. The molecule has 168 valence electrons. The van der Waals surface area contributed by atoms with Gasteiger partial charge < -0.3 is 24.0 Å². The molecule has 9 heteroatoms. The van der Waals surface area contributed by atoms with Crippen molar-refractivity contribution < 1.29 is 24.2 Å². The number of carbonyl (C=O) groups excluding carboxylic acids is 2. The van der Waals surface area contributed by atoms with Crippen LogP contribution >= 0.6 is 11.6 Å². The van der Waals surface area contributed by atoms with Crippen LogP contribution < -0.4 is 9.47 Å². The predicted octanol–water partition coefficient (Wildman–Crippen LogP) is 3.78. The number of amides is 1. The fourth-order valence-corrected chi connectivity index (χ4v) is 4.37. The Morgan fingerprint density at radius 1 is 1.12 bits per heavy atom. The lowest BCUT2D eigenvalue weighted by Gasteiger charge is -2.25. The Labute approximate surface area is 194 Å². The maximum Gasteiger partial charge on any atom is 0.295 e. The van der Waals surface area contributed by atoms with Gasteiger partial charge >= 0.3 is 0 Å². The molecule has 1 amide bonds. The lowest BCUT2D eigenvalue weighted by atomic mass is 9.95. The molecule has 0 radical (unpaired) electrons. The third kappa shape index (κ3) is 3.93. The van der Waals surface area contributed by atoms with Gasteiger partial charge in [0, 0.05) is 36.1 Å². The highest BCUT2D eigenvalue weighted by atomic mass is 35.5. The molecule has 5 rings (SSSR count). The van der Waals surface area contributed by atoms with E-state index in [0.717, 1.165) is 0 Å². The second-order valence-electron chi connectivity index (χ2n) is 7.77. The molecule has 1 unspecified atom stereocenters. The fourth-order valence-electron chi connectivity index (χ4n) is 4.18.